The Bertz CT molecular complexity index is 573. The van der Waals surface area contributed by atoms with Gasteiger partial charge in [-0.2, -0.15) is 0 Å². The molecule has 106 valence electrons. The molecule has 1 nitrogen and oxygen atoms in total. The molecule has 2 N–H and O–H groups in total. The van der Waals surface area contributed by atoms with E-state index in [1.54, 1.807) is 0 Å². The predicted molar refractivity (Wildman–Crippen MR) is 80.5 cm³/mol. The van der Waals surface area contributed by atoms with Gasteiger partial charge in [0.2, 0.25) is 0 Å². The molecule has 4 heteroatoms. The number of hydrogen-bond donors (Lipinski definition) is 1. The first-order chi connectivity index (χ1) is 9.51. The highest BCUT2D eigenvalue weighted by atomic mass is 79.9. The number of halogens is 3. The van der Waals surface area contributed by atoms with Crippen LogP contribution < -0.4 is 5.73 Å². The molecule has 20 heavy (non-hydrogen) atoms. The Labute approximate surface area is 125 Å². The highest BCUT2D eigenvalue weighted by molar-refractivity contribution is 9.10. The molecule has 1 atom stereocenters. The van der Waals surface area contributed by atoms with E-state index >= 15 is 0 Å². The van der Waals surface area contributed by atoms with Crippen molar-refractivity contribution in [2.75, 3.05) is 0 Å². The van der Waals surface area contributed by atoms with Gasteiger partial charge in [-0.15, -0.1) is 0 Å². The lowest BCUT2D eigenvalue weighted by molar-refractivity contribution is 0.523. The minimum Gasteiger partial charge on any atom is -0.323 e. The van der Waals surface area contributed by atoms with E-state index in [1.807, 2.05) is 24.3 Å². The maximum absolute atomic E-state index is 13.8. The van der Waals surface area contributed by atoms with Crippen LogP contribution >= 0.6 is 15.9 Å². The largest absolute Gasteiger partial charge is 0.323 e. The molecule has 0 aliphatic heterocycles. The molecule has 0 aliphatic carbocycles. The van der Waals surface area contributed by atoms with Crippen LogP contribution in [0.5, 0.6) is 0 Å². The predicted octanol–water partition coefficient (Wildman–Crippen LogP) is 4.53. The Balaban J connectivity index is 2.21. The molecule has 0 saturated heterocycles. The van der Waals surface area contributed by atoms with Crippen LogP contribution in [0.3, 0.4) is 0 Å². The molecule has 0 radical (unpaired) electrons. The van der Waals surface area contributed by atoms with E-state index in [0.717, 1.165) is 12.0 Å². The van der Waals surface area contributed by atoms with Crippen LogP contribution in [0.1, 0.15) is 29.7 Å². The second-order valence-corrected chi connectivity index (χ2v) is 5.68. The molecule has 0 heterocycles. The zero-order valence-electron chi connectivity index (χ0n) is 11.2. The lowest BCUT2D eigenvalue weighted by Gasteiger charge is -2.14. The molecule has 0 aliphatic rings. The molecule has 2 aromatic carbocycles. The summed E-state index contributed by atoms with van der Waals surface area (Å²) in [4.78, 5) is 0. The van der Waals surface area contributed by atoms with Gasteiger partial charge in [-0.25, -0.2) is 8.78 Å². The van der Waals surface area contributed by atoms with Crippen molar-refractivity contribution in [1.82, 2.24) is 0 Å². The molecular formula is C16H16BrF2N. The number of nitrogens with two attached hydrogens (primary N) is 1. The highest BCUT2D eigenvalue weighted by Gasteiger charge is 2.18. The summed E-state index contributed by atoms with van der Waals surface area (Å²) in [5.41, 5.74) is 8.09. The first kappa shape index (κ1) is 15.1. The van der Waals surface area contributed by atoms with Gasteiger partial charge in [-0.3, -0.25) is 0 Å². The number of rotatable bonds is 4. The Hall–Kier alpha value is -1.26. The topological polar surface area (TPSA) is 26.0 Å². The zero-order chi connectivity index (χ0) is 14.7. The lowest BCUT2D eigenvalue weighted by Crippen LogP contribution is -2.17. The van der Waals surface area contributed by atoms with Crippen LogP contribution in [0.2, 0.25) is 0 Å². The summed E-state index contributed by atoms with van der Waals surface area (Å²) in [6.07, 6.45) is 1.36. The maximum Gasteiger partial charge on any atom is 0.132 e. The molecule has 2 aromatic rings. The monoisotopic (exact) mass is 339 g/mol. The molecule has 0 saturated carbocycles. The first-order valence-electron chi connectivity index (χ1n) is 6.49. The van der Waals surface area contributed by atoms with Crippen molar-refractivity contribution >= 4 is 15.9 Å². The van der Waals surface area contributed by atoms with Gasteiger partial charge >= 0.3 is 0 Å². The van der Waals surface area contributed by atoms with Crippen LogP contribution in [0, 0.1) is 11.6 Å². The molecule has 2 rings (SSSR count). The molecule has 0 aromatic heterocycles. The fourth-order valence-corrected chi connectivity index (χ4v) is 2.58. The summed E-state index contributed by atoms with van der Waals surface area (Å²) in [6.45, 7) is 2.08. The SMILES string of the molecule is CCc1ccc(CC(N)c2c(F)cc(Br)cc2F)cc1. The van der Waals surface area contributed by atoms with Gasteiger partial charge in [0, 0.05) is 16.1 Å². The molecule has 0 bridgehead atoms. The first-order valence-corrected chi connectivity index (χ1v) is 7.28. The molecule has 0 fully saturated rings. The molecule has 0 spiro atoms. The number of hydrogen-bond acceptors (Lipinski definition) is 1. The van der Waals surface area contributed by atoms with Crippen LogP contribution in [-0.2, 0) is 12.8 Å². The van der Waals surface area contributed by atoms with E-state index in [9.17, 15) is 8.78 Å². The maximum atomic E-state index is 13.8. The minimum atomic E-state index is -0.699. The number of aryl methyl sites for hydroxylation is 1. The van der Waals surface area contributed by atoms with E-state index < -0.39 is 17.7 Å². The summed E-state index contributed by atoms with van der Waals surface area (Å²) in [5, 5.41) is 0. The van der Waals surface area contributed by atoms with Gasteiger partial charge < -0.3 is 5.73 Å². The fraction of sp³-hybridized carbons (Fsp3) is 0.250. The normalized spacial score (nSPS) is 12.4. The van der Waals surface area contributed by atoms with Crippen LogP contribution in [0.25, 0.3) is 0 Å². The van der Waals surface area contributed by atoms with E-state index in [0.29, 0.717) is 10.9 Å². The molecule has 1 unspecified atom stereocenters. The third-order valence-electron chi connectivity index (χ3n) is 3.30. The van der Waals surface area contributed by atoms with E-state index in [-0.39, 0.29) is 5.56 Å². The standard InChI is InChI=1S/C16H16BrF2N/c1-2-10-3-5-11(6-4-10)7-15(20)16-13(18)8-12(17)9-14(16)19/h3-6,8-9,15H,2,7,20H2,1H3. The van der Waals surface area contributed by atoms with Gasteiger partial charge in [0.05, 0.1) is 0 Å². The van der Waals surface area contributed by atoms with Crippen LogP contribution in [0.15, 0.2) is 40.9 Å². The lowest BCUT2D eigenvalue weighted by atomic mass is 9.98. The Kier molecular flexibility index (Phi) is 4.89. The van der Waals surface area contributed by atoms with Gasteiger partial charge in [0.25, 0.3) is 0 Å². The molecule has 0 amide bonds. The van der Waals surface area contributed by atoms with Crippen molar-refractivity contribution in [2.45, 2.75) is 25.8 Å². The van der Waals surface area contributed by atoms with E-state index in [1.165, 1.54) is 17.7 Å². The fourth-order valence-electron chi connectivity index (χ4n) is 2.17. The van der Waals surface area contributed by atoms with Gasteiger partial charge in [-0.05, 0) is 36.1 Å². The van der Waals surface area contributed by atoms with Crippen molar-refractivity contribution in [3.63, 3.8) is 0 Å². The van der Waals surface area contributed by atoms with Crippen molar-refractivity contribution in [2.24, 2.45) is 5.73 Å². The van der Waals surface area contributed by atoms with Crippen molar-refractivity contribution in [3.05, 3.63) is 69.2 Å². The summed E-state index contributed by atoms with van der Waals surface area (Å²) in [7, 11) is 0. The zero-order valence-corrected chi connectivity index (χ0v) is 12.8. The average Bonchev–Trinajstić information content (AvgIpc) is 2.38. The van der Waals surface area contributed by atoms with Crippen molar-refractivity contribution in [1.29, 1.82) is 0 Å². The smallest absolute Gasteiger partial charge is 0.132 e. The van der Waals surface area contributed by atoms with Crippen molar-refractivity contribution in [3.8, 4) is 0 Å². The minimum absolute atomic E-state index is 0.0623. The Morgan fingerprint density at radius 1 is 1.05 bits per heavy atom. The van der Waals surface area contributed by atoms with E-state index in [4.69, 9.17) is 5.73 Å². The highest BCUT2D eigenvalue weighted by Crippen LogP contribution is 2.26. The van der Waals surface area contributed by atoms with Gasteiger partial charge in [0.1, 0.15) is 11.6 Å². The Morgan fingerprint density at radius 2 is 1.55 bits per heavy atom. The van der Waals surface area contributed by atoms with Crippen molar-refractivity contribution < 1.29 is 8.78 Å². The second-order valence-electron chi connectivity index (χ2n) is 4.76. The molecular weight excluding hydrogens is 324 g/mol. The quantitative estimate of drug-likeness (QED) is 0.869. The third-order valence-corrected chi connectivity index (χ3v) is 3.76. The van der Waals surface area contributed by atoms with Gasteiger partial charge in [-0.1, -0.05) is 47.1 Å². The second kappa shape index (κ2) is 6.46. The Morgan fingerprint density at radius 3 is 2.05 bits per heavy atom. The summed E-state index contributed by atoms with van der Waals surface area (Å²) in [5.74, 6) is -1.23. The summed E-state index contributed by atoms with van der Waals surface area (Å²) < 4.78 is 28.0. The van der Waals surface area contributed by atoms with E-state index in [2.05, 4.69) is 22.9 Å². The van der Waals surface area contributed by atoms with Crippen LogP contribution in [0.4, 0.5) is 8.78 Å². The van der Waals surface area contributed by atoms with Crippen LogP contribution in [-0.4, -0.2) is 0 Å². The summed E-state index contributed by atoms with van der Waals surface area (Å²) >= 11 is 3.06. The third kappa shape index (κ3) is 3.44. The average molecular weight is 340 g/mol. The number of benzene rings is 2. The summed E-state index contributed by atoms with van der Waals surface area (Å²) in [6, 6.07) is 9.69. The van der Waals surface area contributed by atoms with Gasteiger partial charge in [0.15, 0.2) is 0 Å².